The van der Waals surface area contributed by atoms with Crippen LogP contribution >= 0.6 is 12.2 Å². The van der Waals surface area contributed by atoms with E-state index in [1.165, 1.54) is 5.56 Å². The number of thiocarbonyl (C=S) groups is 1. The third-order valence-electron chi connectivity index (χ3n) is 3.39. The summed E-state index contributed by atoms with van der Waals surface area (Å²) in [6.45, 7) is 2.90. The summed E-state index contributed by atoms with van der Waals surface area (Å²) in [4.78, 5) is 0.273. The molecule has 122 valence electrons. The van der Waals surface area contributed by atoms with Gasteiger partial charge in [-0.05, 0) is 36.2 Å². The highest BCUT2D eigenvalue weighted by Crippen LogP contribution is 2.31. The zero-order chi connectivity index (χ0) is 16.7. The van der Waals surface area contributed by atoms with Crippen LogP contribution in [0.1, 0.15) is 18.1 Å². The lowest BCUT2D eigenvalue weighted by atomic mass is 10.2. The van der Waals surface area contributed by atoms with E-state index in [-0.39, 0.29) is 4.99 Å². The minimum atomic E-state index is 0.273. The van der Waals surface area contributed by atoms with Crippen molar-refractivity contribution in [2.45, 2.75) is 13.3 Å². The van der Waals surface area contributed by atoms with Gasteiger partial charge in [0, 0.05) is 0 Å². The fourth-order valence-corrected chi connectivity index (χ4v) is 2.30. The number of benzene rings is 2. The Labute approximate surface area is 142 Å². The van der Waals surface area contributed by atoms with Crippen molar-refractivity contribution in [3.63, 3.8) is 0 Å². The molecule has 0 atom stereocenters. The number of hydrogen-bond acceptors (Lipinski definition) is 4. The molecule has 0 radical (unpaired) electrons. The van der Waals surface area contributed by atoms with Crippen LogP contribution in [-0.2, 0) is 6.42 Å². The van der Waals surface area contributed by atoms with Gasteiger partial charge in [-0.1, -0.05) is 37.3 Å². The van der Waals surface area contributed by atoms with Crippen LogP contribution in [0.3, 0.4) is 0 Å². The van der Waals surface area contributed by atoms with Crippen LogP contribution in [0, 0.1) is 0 Å². The SMILES string of the molecule is CCc1ccc(OCCOc2c(OC)cccc2C(N)=S)cc1. The fourth-order valence-electron chi connectivity index (χ4n) is 2.14. The van der Waals surface area contributed by atoms with Crippen LogP contribution in [0.4, 0.5) is 0 Å². The molecule has 2 aromatic carbocycles. The lowest BCUT2D eigenvalue weighted by Gasteiger charge is -2.14. The normalized spacial score (nSPS) is 10.2. The summed E-state index contributed by atoms with van der Waals surface area (Å²) in [5, 5.41) is 0. The second kappa shape index (κ2) is 8.39. The predicted molar refractivity (Wildman–Crippen MR) is 95.7 cm³/mol. The molecular formula is C18H21NO3S. The Morgan fingerprint density at radius 2 is 1.74 bits per heavy atom. The zero-order valence-electron chi connectivity index (χ0n) is 13.4. The maximum atomic E-state index is 5.77. The van der Waals surface area contributed by atoms with Crippen molar-refractivity contribution in [2.75, 3.05) is 20.3 Å². The molecule has 0 aliphatic rings. The number of aryl methyl sites for hydroxylation is 1. The number of methoxy groups -OCH3 is 1. The average molecular weight is 331 g/mol. The summed E-state index contributed by atoms with van der Waals surface area (Å²) in [6, 6.07) is 13.5. The molecule has 0 aliphatic carbocycles. The zero-order valence-corrected chi connectivity index (χ0v) is 14.2. The minimum Gasteiger partial charge on any atom is -0.493 e. The monoisotopic (exact) mass is 331 g/mol. The first-order chi connectivity index (χ1) is 11.2. The molecule has 0 amide bonds. The Morgan fingerprint density at radius 3 is 2.35 bits per heavy atom. The lowest BCUT2D eigenvalue weighted by molar-refractivity contribution is 0.211. The molecular weight excluding hydrogens is 310 g/mol. The quantitative estimate of drug-likeness (QED) is 0.594. The highest BCUT2D eigenvalue weighted by atomic mass is 32.1. The van der Waals surface area contributed by atoms with Gasteiger partial charge in [0.15, 0.2) is 11.5 Å². The van der Waals surface area contributed by atoms with E-state index in [9.17, 15) is 0 Å². The van der Waals surface area contributed by atoms with Crippen molar-refractivity contribution in [2.24, 2.45) is 5.73 Å². The first kappa shape index (κ1) is 17.1. The first-order valence-corrected chi connectivity index (χ1v) is 7.88. The van der Waals surface area contributed by atoms with Crippen LogP contribution in [0.15, 0.2) is 42.5 Å². The molecule has 0 heterocycles. The molecule has 0 aliphatic heterocycles. The first-order valence-electron chi connectivity index (χ1n) is 7.47. The summed E-state index contributed by atoms with van der Waals surface area (Å²) in [7, 11) is 1.58. The van der Waals surface area contributed by atoms with Gasteiger partial charge in [0.05, 0.1) is 12.7 Å². The number of rotatable bonds is 8. The van der Waals surface area contributed by atoms with Gasteiger partial charge in [0.25, 0.3) is 0 Å². The molecule has 0 fully saturated rings. The van der Waals surface area contributed by atoms with E-state index in [1.807, 2.05) is 24.3 Å². The molecule has 2 rings (SSSR count). The number of para-hydroxylation sites is 1. The third-order valence-corrected chi connectivity index (χ3v) is 3.61. The van der Waals surface area contributed by atoms with Crippen LogP contribution in [0.2, 0.25) is 0 Å². The van der Waals surface area contributed by atoms with Crippen LogP contribution in [0.25, 0.3) is 0 Å². The highest BCUT2D eigenvalue weighted by Gasteiger charge is 2.12. The maximum absolute atomic E-state index is 5.77. The highest BCUT2D eigenvalue weighted by molar-refractivity contribution is 7.80. The van der Waals surface area contributed by atoms with Gasteiger partial charge < -0.3 is 19.9 Å². The Kier molecular flexibility index (Phi) is 6.23. The molecule has 0 aromatic heterocycles. The number of hydrogen-bond donors (Lipinski definition) is 1. The van der Waals surface area contributed by atoms with E-state index in [1.54, 1.807) is 13.2 Å². The van der Waals surface area contributed by atoms with Gasteiger partial charge >= 0.3 is 0 Å². The van der Waals surface area contributed by atoms with Gasteiger partial charge in [-0.25, -0.2) is 0 Å². The molecule has 2 aromatic rings. The van der Waals surface area contributed by atoms with E-state index < -0.39 is 0 Å². The standard InChI is InChI=1S/C18H21NO3S/c1-3-13-7-9-14(10-8-13)21-11-12-22-17-15(18(19)23)5-4-6-16(17)20-2/h4-10H,3,11-12H2,1-2H3,(H2,19,23). The summed E-state index contributed by atoms with van der Waals surface area (Å²) < 4.78 is 16.7. The summed E-state index contributed by atoms with van der Waals surface area (Å²) in [5.74, 6) is 1.97. The Morgan fingerprint density at radius 1 is 1.04 bits per heavy atom. The molecule has 5 heteroatoms. The van der Waals surface area contributed by atoms with Crippen molar-refractivity contribution >= 4 is 17.2 Å². The van der Waals surface area contributed by atoms with Crippen LogP contribution < -0.4 is 19.9 Å². The Bertz CT molecular complexity index is 656. The Balaban J connectivity index is 1.94. The van der Waals surface area contributed by atoms with Crippen molar-refractivity contribution in [1.29, 1.82) is 0 Å². The van der Waals surface area contributed by atoms with Crippen molar-refractivity contribution < 1.29 is 14.2 Å². The van der Waals surface area contributed by atoms with Gasteiger partial charge in [-0.15, -0.1) is 0 Å². The van der Waals surface area contributed by atoms with Gasteiger partial charge in [0.1, 0.15) is 24.0 Å². The molecule has 0 unspecified atom stereocenters. The Hall–Kier alpha value is -2.27. The van der Waals surface area contributed by atoms with E-state index in [0.717, 1.165) is 12.2 Å². The second-order valence-corrected chi connectivity index (χ2v) is 5.34. The van der Waals surface area contributed by atoms with Gasteiger partial charge in [0.2, 0.25) is 0 Å². The molecule has 0 spiro atoms. The number of nitrogens with two attached hydrogens (primary N) is 1. The predicted octanol–water partition coefficient (Wildman–Crippen LogP) is 3.35. The van der Waals surface area contributed by atoms with Crippen LogP contribution in [0.5, 0.6) is 17.2 Å². The smallest absolute Gasteiger partial charge is 0.171 e. The third kappa shape index (κ3) is 4.60. The van der Waals surface area contributed by atoms with Crippen LogP contribution in [-0.4, -0.2) is 25.3 Å². The summed E-state index contributed by atoms with van der Waals surface area (Å²) >= 11 is 5.05. The topological polar surface area (TPSA) is 53.7 Å². The van der Waals surface area contributed by atoms with Crippen molar-refractivity contribution in [1.82, 2.24) is 0 Å². The largest absolute Gasteiger partial charge is 0.493 e. The van der Waals surface area contributed by atoms with E-state index in [2.05, 4.69) is 19.1 Å². The molecule has 23 heavy (non-hydrogen) atoms. The molecule has 0 saturated heterocycles. The maximum Gasteiger partial charge on any atom is 0.171 e. The molecule has 4 nitrogen and oxygen atoms in total. The summed E-state index contributed by atoms with van der Waals surface area (Å²) in [5.41, 5.74) is 7.67. The van der Waals surface area contributed by atoms with Crippen molar-refractivity contribution in [3.05, 3.63) is 53.6 Å². The molecule has 2 N–H and O–H groups in total. The number of ether oxygens (including phenoxy) is 3. The summed E-state index contributed by atoms with van der Waals surface area (Å²) in [6.07, 6.45) is 1.01. The van der Waals surface area contributed by atoms with Crippen molar-refractivity contribution in [3.8, 4) is 17.2 Å². The second-order valence-electron chi connectivity index (χ2n) is 4.90. The van der Waals surface area contributed by atoms with E-state index >= 15 is 0 Å². The fraction of sp³-hybridized carbons (Fsp3) is 0.278. The molecule has 0 bridgehead atoms. The van der Waals surface area contributed by atoms with Gasteiger partial charge in [-0.2, -0.15) is 0 Å². The molecule has 0 saturated carbocycles. The average Bonchev–Trinajstić information content (AvgIpc) is 2.58. The van der Waals surface area contributed by atoms with E-state index in [0.29, 0.717) is 30.3 Å². The lowest BCUT2D eigenvalue weighted by Crippen LogP contribution is -2.15. The minimum absolute atomic E-state index is 0.273. The van der Waals surface area contributed by atoms with E-state index in [4.69, 9.17) is 32.2 Å². The van der Waals surface area contributed by atoms with Gasteiger partial charge in [-0.3, -0.25) is 0 Å².